The van der Waals surface area contributed by atoms with Crippen molar-refractivity contribution in [3.05, 3.63) is 72.6 Å². The van der Waals surface area contributed by atoms with Crippen LogP contribution in [0.5, 0.6) is 11.5 Å². The standard InChI is InChI=1S/C27H29N3O7S/c1-5-36-26(32)23-16(2)28-27-30(24(23)19-14-17(33-3)6-8-20(19)34-4)25(31)21(38-27)15-18-7-9-22(37-18)29-10-12-35-13-11-29/h6-9,14-15,24H,5,10-13H2,1-4H3/b21-15-. The summed E-state index contributed by atoms with van der Waals surface area (Å²) in [5.41, 5.74) is 1.02. The van der Waals surface area contributed by atoms with Crippen LogP contribution >= 0.6 is 11.3 Å². The molecule has 4 heterocycles. The van der Waals surface area contributed by atoms with Crippen LogP contribution in [-0.4, -0.2) is 57.7 Å². The van der Waals surface area contributed by atoms with Gasteiger partial charge < -0.3 is 28.3 Å². The van der Waals surface area contributed by atoms with E-state index in [1.165, 1.54) is 15.9 Å². The van der Waals surface area contributed by atoms with Gasteiger partial charge in [-0.05, 0) is 38.1 Å². The Morgan fingerprint density at radius 3 is 2.68 bits per heavy atom. The number of carbonyl (C=O) groups is 1. The summed E-state index contributed by atoms with van der Waals surface area (Å²) in [6.07, 6.45) is 1.71. The molecule has 11 heteroatoms. The fourth-order valence-electron chi connectivity index (χ4n) is 4.64. The lowest BCUT2D eigenvalue weighted by Crippen LogP contribution is -2.40. The van der Waals surface area contributed by atoms with E-state index in [2.05, 4.69) is 9.89 Å². The highest BCUT2D eigenvalue weighted by Gasteiger charge is 2.35. The molecule has 200 valence electrons. The molecule has 0 bridgehead atoms. The van der Waals surface area contributed by atoms with Crippen molar-refractivity contribution in [3.8, 4) is 11.5 Å². The topological polar surface area (TPSA) is 105 Å². The van der Waals surface area contributed by atoms with Gasteiger partial charge in [-0.25, -0.2) is 9.79 Å². The molecule has 0 amide bonds. The number of hydrogen-bond acceptors (Lipinski definition) is 10. The molecule has 0 aliphatic carbocycles. The highest BCUT2D eigenvalue weighted by atomic mass is 32.1. The lowest BCUT2D eigenvalue weighted by atomic mass is 9.95. The second-order valence-corrected chi connectivity index (χ2v) is 9.69. The Balaban J connectivity index is 1.66. The second-order valence-electron chi connectivity index (χ2n) is 8.69. The maximum Gasteiger partial charge on any atom is 0.338 e. The van der Waals surface area contributed by atoms with Crippen LogP contribution in [-0.2, 0) is 14.3 Å². The Bertz CT molecular complexity index is 1560. The number of thiazole rings is 1. The first-order valence-corrected chi connectivity index (χ1v) is 13.1. The molecular weight excluding hydrogens is 510 g/mol. The van der Waals surface area contributed by atoms with Gasteiger partial charge in [0.25, 0.3) is 5.56 Å². The average molecular weight is 540 g/mol. The van der Waals surface area contributed by atoms with Crippen molar-refractivity contribution in [2.45, 2.75) is 19.9 Å². The zero-order valence-corrected chi connectivity index (χ0v) is 22.5. The van der Waals surface area contributed by atoms with E-state index in [4.69, 9.17) is 23.4 Å². The van der Waals surface area contributed by atoms with Crippen LogP contribution in [0.3, 0.4) is 0 Å². The van der Waals surface area contributed by atoms with Crippen LogP contribution in [0.1, 0.15) is 31.2 Å². The van der Waals surface area contributed by atoms with Crippen LogP contribution < -0.4 is 29.3 Å². The van der Waals surface area contributed by atoms with Crippen molar-refractivity contribution < 1.29 is 28.2 Å². The number of benzene rings is 1. The quantitative estimate of drug-likeness (QED) is 0.421. The van der Waals surface area contributed by atoms with Gasteiger partial charge in [0.05, 0.1) is 49.8 Å². The van der Waals surface area contributed by atoms with Gasteiger partial charge >= 0.3 is 5.97 Å². The normalized spacial score (nSPS) is 17.7. The summed E-state index contributed by atoms with van der Waals surface area (Å²) in [7, 11) is 3.09. The number of anilines is 1. The molecule has 3 aromatic rings. The van der Waals surface area contributed by atoms with E-state index in [-0.39, 0.29) is 17.7 Å². The minimum Gasteiger partial charge on any atom is -0.497 e. The Labute approximate surface area is 223 Å². The first kappa shape index (κ1) is 25.8. The molecule has 38 heavy (non-hydrogen) atoms. The van der Waals surface area contributed by atoms with E-state index in [0.717, 1.165) is 19.0 Å². The largest absolute Gasteiger partial charge is 0.497 e. The number of esters is 1. The minimum absolute atomic E-state index is 0.186. The average Bonchev–Trinajstić information content (AvgIpc) is 3.52. The Kier molecular flexibility index (Phi) is 7.39. The maximum absolute atomic E-state index is 13.9. The number of ether oxygens (including phenoxy) is 4. The van der Waals surface area contributed by atoms with Gasteiger partial charge in [-0.3, -0.25) is 9.36 Å². The van der Waals surface area contributed by atoms with Crippen molar-refractivity contribution >= 4 is 29.3 Å². The highest BCUT2D eigenvalue weighted by molar-refractivity contribution is 7.07. The molecule has 1 saturated heterocycles. The number of nitrogens with zero attached hydrogens (tertiary/aromatic N) is 3. The van der Waals surface area contributed by atoms with Crippen LogP contribution in [0.15, 0.2) is 55.8 Å². The fraction of sp³-hybridized carbons (Fsp3) is 0.370. The number of furan rings is 1. The van der Waals surface area contributed by atoms with Crippen molar-refractivity contribution in [2.75, 3.05) is 52.0 Å². The number of rotatable bonds is 7. The van der Waals surface area contributed by atoms with Gasteiger partial charge in [0.1, 0.15) is 23.3 Å². The third kappa shape index (κ3) is 4.74. The van der Waals surface area contributed by atoms with Gasteiger partial charge in [0.2, 0.25) is 0 Å². The van der Waals surface area contributed by atoms with Crippen LogP contribution in [0, 0.1) is 0 Å². The molecule has 0 N–H and O–H groups in total. The van der Waals surface area contributed by atoms with E-state index >= 15 is 0 Å². The number of hydrogen-bond donors (Lipinski definition) is 0. The van der Waals surface area contributed by atoms with E-state index in [9.17, 15) is 9.59 Å². The molecule has 10 nitrogen and oxygen atoms in total. The van der Waals surface area contributed by atoms with Gasteiger partial charge in [-0.1, -0.05) is 11.3 Å². The molecule has 0 saturated carbocycles. The van der Waals surface area contributed by atoms with Crippen LogP contribution in [0.25, 0.3) is 6.08 Å². The molecule has 1 unspecified atom stereocenters. The van der Waals surface area contributed by atoms with Gasteiger partial charge in [0.15, 0.2) is 10.7 Å². The summed E-state index contributed by atoms with van der Waals surface area (Å²) >= 11 is 1.23. The van der Waals surface area contributed by atoms with Crippen molar-refractivity contribution in [1.29, 1.82) is 0 Å². The maximum atomic E-state index is 13.9. The third-order valence-electron chi connectivity index (χ3n) is 6.46. The van der Waals surface area contributed by atoms with Gasteiger partial charge in [-0.2, -0.15) is 0 Å². The number of morpholine rings is 1. The second kappa shape index (κ2) is 10.9. The third-order valence-corrected chi connectivity index (χ3v) is 7.44. The number of aromatic nitrogens is 1. The van der Waals surface area contributed by atoms with E-state index in [0.29, 0.717) is 51.1 Å². The van der Waals surface area contributed by atoms with E-state index in [1.54, 1.807) is 52.3 Å². The molecule has 2 aromatic heterocycles. The molecule has 1 aromatic carbocycles. The number of fused-ring (bicyclic) bond motifs is 1. The van der Waals surface area contributed by atoms with Gasteiger partial charge in [0, 0.05) is 30.8 Å². The molecular formula is C27H29N3O7S. The summed E-state index contributed by atoms with van der Waals surface area (Å²) in [4.78, 5) is 34.2. The highest BCUT2D eigenvalue weighted by Crippen LogP contribution is 2.37. The predicted molar refractivity (Wildman–Crippen MR) is 142 cm³/mol. The van der Waals surface area contributed by atoms with Crippen LogP contribution in [0.4, 0.5) is 5.88 Å². The van der Waals surface area contributed by atoms with Gasteiger partial charge in [-0.15, -0.1) is 0 Å². The Morgan fingerprint density at radius 1 is 1.18 bits per heavy atom. The van der Waals surface area contributed by atoms with Crippen molar-refractivity contribution in [2.24, 2.45) is 4.99 Å². The summed E-state index contributed by atoms with van der Waals surface area (Å²) in [6, 6.07) is 8.17. The summed E-state index contributed by atoms with van der Waals surface area (Å²) in [5, 5.41) is 0. The van der Waals surface area contributed by atoms with Crippen LogP contribution in [0.2, 0.25) is 0 Å². The number of carbonyl (C=O) groups excluding carboxylic acids is 1. The SMILES string of the molecule is CCOC(=O)C1=C(C)N=c2s/c(=C\c3ccc(N4CCOCC4)o3)c(=O)n2C1c1cc(OC)ccc1OC. The Morgan fingerprint density at radius 2 is 1.97 bits per heavy atom. The molecule has 1 fully saturated rings. The summed E-state index contributed by atoms with van der Waals surface area (Å²) < 4.78 is 29.8. The van der Waals surface area contributed by atoms with E-state index in [1.807, 2.05) is 12.1 Å². The molecule has 5 rings (SSSR count). The monoisotopic (exact) mass is 539 g/mol. The lowest BCUT2D eigenvalue weighted by molar-refractivity contribution is -0.139. The molecule has 2 aliphatic heterocycles. The zero-order chi connectivity index (χ0) is 26.8. The Hall–Kier alpha value is -3.83. The summed E-state index contributed by atoms with van der Waals surface area (Å²) in [5.74, 6) is 1.80. The molecule has 0 spiro atoms. The smallest absolute Gasteiger partial charge is 0.338 e. The van der Waals surface area contributed by atoms with Crippen molar-refractivity contribution in [3.63, 3.8) is 0 Å². The minimum atomic E-state index is -0.821. The first-order valence-electron chi connectivity index (χ1n) is 12.3. The lowest BCUT2D eigenvalue weighted by Gasteiger charge is -2.26. The van der Waals surface area contributed by atoms with E-state index < -0.39 is 12.0 Å². The zero-order valence-electron chi connectivity index (χ0n) is 21.7. The number of allylic oxidation sites excluding steroid dienone is 1. The number of methoxy groups -OCH3 is 2. The molecule has 0 radical (unpaired) electrons. The predicted octanol–water partition coefficient (Wildman–Crippen LogP) is 2.25. The fourth-order valence-corrected chi connectivity index (χ4v) is 5.67. The summed E-state index contributed by atoms with van der Waals surface area (Å²) in [6.45, 7) is 6.44. The molecule has 2 aliphatic rings. The first-order chi connectivity index (χ1) is 18.4. The van der Waals surface area contributed by atoms with Crippen molar-refractivity contribution in [1.82, 2.24) is 4.57 Å². The molecule has 1 atom stereocenters.